The normalized spacial score (nSPS) is 31.8. The zero-order valence-electron chi connectivity index (χ0n) is 6.96. The number of rotatable bonds is 2. The minimum Gasteiger partial charge on any atom is -0.550 e. The van der Waals surface area contributed by atoms with Crippen LogP contribution in [0, 0.1) is 17.3 Å². The number of hydrogen-bond acceptors (Lipinski definition) is 3. The third-order valence-corrected chi connectivity index (χ3v) is 2.31. The van der Waals surface area contributed by atoms with Crippen molar-refractivity contribution in [1.29, 1.82) is 0 Å². The van der Waals surface area contributed by atoms with Gasteiger partial charge in [-0.1, -0.05) is 13.8 Å². The molecule has 0 amide bonds. The van der Waals surface area contributed by atoms with Gasteiger partial charge in [-0.15, -0.1) is 0 Å². The molecule has 0 aromatic heterocycles. The molecule has 1 fully saturated rings. The Hall–Kier alpha value is 0.140. The van der Waals surface area contributed by atoms with Gasteiger partial charge in [-0.2, -0.15) is 0 Å². The van der Waals surface area contributed by atoms with Crippen molar-refractivity contribution in [1.82, 2.24) is 0 Å². The number of carboxylic acid groups (broad SMARTS) is 1. The Morgan fingerprint density at radius 1 is 1.55 bits per heavy atom. The van der Waals surface area contributed by atoms with Crippen LogP contribution in [0.25, 0.3) is 0 Å². The maximum absolute atomic E-state index is 10.3. The summed E-state index contributed by atoms with van der Waals surface area (Å²) in [7, 11) is 0. The van der Waals surface area contributed by atoms with Gasteiger partial charge in [-0.25, -0.2) is 0 Å². The maximum Gasteiger partial charge on any atom is 1.00 e. The van der Waals surface area contributed by atoms with Crippen LogP contribution in [0.1, 0.15) is 13.8 Å². The molecule has 0 aromatic rings. The van der Waals surface area contributed by atoms with Gasteiger partial charge < -0.3 is 14.7 Å². The molecule has 3 nitrogen and oxygen atoms in total. The average molecular weight is 164 g/mol. The molecule has 2 atom stereocenters. The fourth-order valence-electron chi connectivity index (χ4n) is 1.38. The summed E-state index contributed by atoms with van der Waals surface area (Å²) in [5.74, 6) is -2.01. The second-order valence-corrected chi connectivity index (χ2v) is 3.28. The zero-order chi connectivity index (χ0) is 7.94. The van der Waals surface area contributed by atoms with Crippen LogP contribution in [0.4, 0.5) is 0 Å². The fraction of sp³-hybridized carbons (Fsp3) is 0.714. The molecule has 0 radical (unpaired) electrons. The van der Waals surface area contributed by atoms with E-state index >= 15 is 0 Å². The van der Waals surface area contributed by atoms with E-state index in [4.69, 9.17) is 0 Å². The number of hydrogen-bond donors (Lipinski definition) is 0. The molecule has 1 aliphatic carbocycles. The molecule has 0 aliphatic heterocycles. The average Bonchev–Trinajstić information content (AvgIpc) is 2.33. The predicted octanol–water partition coefficient (Wildman–Crippen LogP) is -3.79. The molecule has 0 spiro atoms. The Bertz CT molecular complexity index is 188. The molecule has 0 saturated heterocycles. The van der Waals surface area contributed by atoms with Gasteiger partial charge in [-0.05, 0) is 5.41 Å². The van der Waals surface area contributed by atoms with E-state index in [-0.39, 0.29) is 40.9 Å². The van der Waals surface area contributed by atoms with Crippen molar-refractivity contribution in [2.75, 3.05) is 0 Å². The Kier molecular flexibility index (Phi) is 3.29. The van der Waals surface area contributed by atoms with E-state index in [2.05, 4.69) is 0 Å². The molecular formula is C7H9NaO3. The Labute approximate surface area is 87.5 Å². The van der Waals surface area contributed by atoms with E-state index in [9.17, 15) is 14.7 Å². The van der Waals surface area contributed by atoms with E-state index in [1.165, 1.54) is 0 Å². The van der Waals surface area contributed by atoms with Crippen molar-refractivity contribution in [3.8, 4) is 0 Å². The first-order valence-electron chi connectivity index (χ1n) is 3.18. The first-order chi connectivity index (χ1) is 4.51. The maximum atomic E-state index is 10.3. The summed E-state index contributed by atoms with van der Waals surface area (Å²) in [5.41, 5.74) is -0.374. The zero-order valence-corrected chi connectivity index (χ0v) is 8.96. The molecule has 0 aromatic carbocycles. The third-order valence-electron chi connectivity index (χ3n) is 2.31. The molecule has 0 N–H and O–H groups in total. The molecule has 0 heterocycles. The van der Waals surface area contributed by atoms with Crippen LogP contribution < -0.4 is 34.7 Å². The van der Waals surface area contributed by atoms with Crippen molar-refractivity contribution >= 4 is 12.3 Å². The summed E-state index contributed by atoms with van der Waals surface area (Å²) in [6, 6.07) is 0. The molecule has 11 heavy (non-hydrogen) atoms. The summed E-state index contributed by atoms with van der Waals surface area (Å²) in [5, 5.41) is 10.3. The van der Waals surface area contributed by atoms with E-state index < -0.39 is 11.9 Å². The second-order valence-electron chi connectivity index (χ2n) is 3.28. The number of aliphatic carboxylic acids is 1. The van der Waals surface area contributed by atoms with Gasteiger partial charge in [-0.3, -0.25) is 0 Å². The molecular weight excluding hydrogens is 155 g/mol. The fourth-order valence-corrected chi connectivity index (χ4v) is 1.38. The van der Waals surface area contributed by atoms with Crippen LogP contribution in [-0.4, -0.2) is 12.3 Å². The van der Waals surface area contributed by atoms with Crippen LogP contribution in [0.2, 0.25) is 0 Å². The topological polar surface area (TPSA) is 57.2 Å². The molecule has 1 rings (SSSR count). The summed E-state index contributed by atoms with van der Waals surface area (Å²) in [6.07, 6.45) is 0.695. The van der Waals surface area contributed by atoms with Gasteiger partial charge in [0.15, 0.2) is 0 Å². The van der Waals surface area contributed by atoms with Gasteiger partial charge in [0.2, 0.25) is 0 Å². The van der Waals surface area contributed by atoms with Crippen LogP contribution in [-0.2, 0) is 9.59 Å². The molecule has 1 saturated carbocycles. The van der Waals surface area contributed by atoms with E-state index in [0.717, 1.165) is 0 Å². The van der Waals surface area contributed by atoms with Crippen molar-refractivity contribution in [2.45, 2.75) is 13.8 Å². The smallest absolute Gasteiger partial charge is 0.550 e. The summed E-state index contributed by atoms with van der Waals surface area (Å²) < 4.78 is 0. The van der Waals surface area contributed by atoms with Gasteiger partial charge >= 0.3 is 29.6 Å². The minimum absolute atomic E-state index is 0. The number of carbonyl (C=O) groups excluding carboxylic acids is 2. The van der Waals surface area contributed by atoms with Gasteiger partial charge in [0.05, 0.1) is 0 Å². The molecule has 0 bridgehead atoms. The van der Waals surface area contributed by atoms with Gasteiger partial charge in [0, 0.05) is 17.8 Å². The minimum atomic E-state index is -1.11. The van der Waals surface area contributed by atoms with E-state index in [1.54, 1.807) is 13.8 Å². The Morgan fingerprint density at radius 3 is 2.09 bits per heavy atom. The molecule has 4 heteroatoms. The van der Waals surface area contributed by atoms with E-state index in [1.807, 2.05) is 0 Å². The third kappa shape index (κ3) is 1.66. The summed E-state index contributed by atoms with van der Waals surface area (Å²) in [4.78, 5) is 20.5. The van der Waals surface area contributed by atoms with Crippen molar-refractivity contribution in [3.05, 3.63) is 0 Å². The Morgan fingerprint density at radius 2 is 2.00 bits per heavy atom. The van der Waals surface area contributed by atoms with Crippen molar-refractivity contribution in [2.24, 2.45) is 17.3 Å². The van der Waals surface area contributed by atoms with Crippen LogP contribution >= 0.6 is 0 Å². The van der Waals surface area contributed by atoms with Crippen molar-refractivity contribution in [3.63, 3.8) is 0 Å². The summed E-state index contributed by atoms with van der Waals surface area (Å²) >= 11 is 0. The van der Waals surface area contributed by atoms with Crippen LogP contribution in [0.3, 0.4) is 0 Å². The van der Waals surface area contributed by atoms with Crippen LogP contribution in [0.15, 0.2) is 0 Å². The number of carbonyl (C=O) groups is 2. The first-order valence-corrected chi connectivity index (χ1v) is 3.18. The standard InChI is InChI=1S/C7H10O3.Na/c1-7(2)4(3-8)5(7)6(9)10;/h3-5H,1-2H3,(H,9,10);/q;+1/p-1. The second kappa shape index (κ2) is 3.25. The van der Waals surface area contributed by atoms with Gasteiger partial charge in [0.25, 0.3) is 0 Å². The van der Waals surface area contributed by atoms with Gasteiger partial charge in [0.1, 0.15) is 6.29 Å². The van der Waals surface area contributed by atoms with Crippen LogP contribution in [0.5, 0.6) is 0 Å². The quantitative estimate of drug-likeness (QED) is 0.311. The first kappa shape index (κ1) is 11.1. The van der Waals surface area contributed by atoms with Crippen molar-refractivity contribution < 1.29 is 44.3 Å². The largest absolute Gasteiger partial charge is 1.00 e. The molecule has 56 valence electrons. The number of aldehydes is 1. The monoisotopic (exact) mass is 164 g/mol. The number of carboxylic acids is 1. The SMILES string of the molecule is CC1(C)C(C=O)C1C(=O)[O-].[Na+]. The Balaban J connectivity index is 0.000001000. The molecule has 2 unspecified atom stereocenters. The predicted molar refractivity (Wildman–Crippen MR) is 31.8 cm³/mol. The summed E-state index contributed by atoms with van der Waals surface area (Å²) in [6.45, 7) is 3.51. The van der Waals surface area contributed by atoms with E-state index in [0.29, 0.717) is 6.29 Å². The molecule has 1 aliphatic rings.